The van der Waals surface area contributed by atoms with Gasteiger partial charge >= 0.3 is 0 Å². The summed E-state index contributed by atoms with van der Waals surface area (Å²) < 4.78 is 0. The summed E-state index contributed by atoms with van der Waals surface area (Å²) in [7, 11) is 0. The van der Waals surface area contributed by atoms with Gasteiger partial charge in [-0.25, -0.2) is 0 Å². The van der Waals surface area contributed by atoms with E-state index in [1.165, 1.54) is 6.07 Å². The number of para-hydroxylation sites is 2. The Bertz CT molecular complexity index is 718. The predicted molar refractivity (Wildman–Crippen MR) is 88.9 cm³/mol. The first-order chi connectivity index (χ1) is 10.6. The molecule has 22 heavy (non-hydrogen) atoms. The third kappa shape index (κ3) is 4.06. The lowest BCUT2D eigenvalue weighted by Crippen LogP contribution is -2.25. The fraction of sp³-hybridized carbons (Fsp3) is 0.0714. The number of pyridine rings is 1. The van der Waals surface area contributed by atoms with Crippen LogP contribution in [0.4, 0.5) is 11.4 Å². The lowest BCUT2D eigenvalue weighted by atomic mass is 10.2. The van der Waals surface area contributed by atoms with E-state index < -0.39 is 4.92 Å². The zero-order valence-corrected chi connectivity index (χ0v) is 12.5. The van der Waals surface area contributed by atoms with Crippen molar-refractivity contribution in [3.63, 3.8) is 0 Å². The molecule has 0 amide bonds. The number of nitro benzene ring substituents is 1. The van der Waals surface area contributed by atoms with Crippen LogP contribution in [0.15, 0.2) is 53.9 Å². The van der Waals surface area contributed by atoms with Crippen LogP contribution in [0, 0.1) is 10.1 Å². The Morgan fingerprint density at radius 3 is 2.77 bits per heavy atom. The molecule has 0 aliphatic carbocycles. The van der Waals surface area contributed by atoms with E-state index in [1.807, 2.05) is 6.07 Å². The zero-order valence-electron chi connectivity index (χ0n) is 11.7. The largest absolute Gasteiger partial charge is 0.326 e. The quantitative estimate of drug-likeness (QED) is 0.390. The van der Waals surface area contributed by atoms with E-state index in [2.05, 4.69) is 20.8 Å². The third-order valence-corrected chi connectivity index (χ3v) is 2.95. The summed E-state index contributed by atoms with van der Waals surface area (Å²) in [4.78, 5) is 14.4. The van der Waals surface area contributed by atoms with Gasteiger partial charge in [-0.3, -0.25) is 20.5 Å². The van der Waals surface area contributed by atoms with Gasteiger partial charge in [-0.1, -0.05) is 18.2 Å². The number of aromatic nitrogens is 1. The fourth-order valence-corrected chi connectivity index (χ4v) is 1.82. The van der Waals surface area contributed by atoms with Crippen molar-refractivity contribution in [2.24, 2.45) is 5.10 Å². The van der Waals surface area contributed by atoms with Crippen molar-refractivity contribution in [3.8, 4) is 0 Å². The number of nitro groups is 1. The van der Waals surface area contributed by atoms with Crippen LogP contribution in [0.5, 0.6) is 0 Å². The maximum absolute atomic E-state index is 10.9. The van der Waals surface area contributed by atoms with Gasteiger partial charge in [0.25, 0.3) is 5.69 Å². The van der Waals surface area contributed by atoms with E-state index in [9.17, 15) is 10.1 Å². The topological polar surface area (TPSA) is 92.5 Å². The van der Waals surface area contributed by atoms with Crippen molar-refractivity contribution in [3.05, 3.63) is 64.5 Å². The van der Waals surface area contributed by atoms with Crippen molar-refractivity contribution in [1.82, 2.24) is 10.4 Å². The molecular formula is C14H13N5O2S. The second kappa shape index (κ2) is 7.23. The fourth-order valence-electron chi connectivity index (χ4n) is 1.66. The van der Waals surface area contributed by atoms with Gasteiger partial charge in [0, 0.05) is 24.0 Å². The Labute approximate surface area is 132 Å². The highest BCUT2D eigenvalue weighted by Crippen LogP contribution is 2.22. The van der Waals surface area contributed by atoms with E-state index in [-0.39, 0.29) is 10.8 Å². The molecule has 1 aromatic heterocycles. The van der Waals surface area contributed by atoms with Crippen LogP contribution < -0.4 is 10.7 Å². The van der Waals surface area contributed by atoms with Crippen molar-refractivity contribution in [2.45, 2.75) is 6.92 Å². The summed E-state index contributed by atoms with van der Waals surface area (Å²) in [5.74, 6) is 0. The smallest absolute Gasteiger partial charge is 0.292 e. The van der Waals surface area contributed by atoms with Crippen LogP contribution in [0.25, 0.3) is 0 Å². The van der Waals surface area contributed by atoms with Crippen LogP contribution in [0.2, 0.25) is 0 Å². The molecule has 8 heteroatoms. The SMILES string of the molecule is C/C(=N/NC(=S)Nc1ccccc1[N+](=O)[O-])c1cccnc1. The maximum Gasteiger partial charge on any atom is 0.292 e. The number of hydrogen-bond acceptors (Lipinski definition) is 5. The normalized spacial score (nSPS) is 10.9. The molecule has 0 bridgehead atoms. The van der Waals surface area contributed by atoms with Crippen molar-refractivity contribution in [2.75, 3.05) is 5.32 Å². The molecule has 112 valence electrons. The van der Waals surface area contributed by atoms with E-state index >= 15 is 0 Å². The van der Waals surface area contributed by atoms with E-state index in [0.717, 1.165) is 5.56 Å². The second-order valence-electron chi connectivity index (χ2n) is 4.28. The molecule has 1 aromatic carbocycles. The minimum absolute atomic E-state index is 0.0559. The van der Waals surface area contributed by atoms with Gasteiger partial charge < -0.3 is 5.32 Å². The molecule has 0 unspecified atom stereocenters. The van der Waals surface area contributed by atoms with Crippen molar-refractivity contribution >= 4 is 34.4 Å². The van der Waals surface area contributed by atoms with Crippen molar-refractivity contribution in [1.29, 1.82) is 0 Å². The minimum Gasteiger partial charge on any atom is -0.326 e. The van der Waals surface area contributed by atoms with E-state index in [1.54, 1.807) is 43.6 Å². The number of thiocarbonyl (C=S) groups is 1. The molecule has 7 nitrogen and oxygen atoms in total. The first kappa shape index (κ1) is 15.5. The molecule has 0 saturated heterocycles. The lowest BCUT2D eigenvalue weighted by Gasteiger charge is -2.08. The molecular weight excluding hydrogens is 302 g/mol. The Morgan fingerprint density at radius 2 is 2.09 bits per heavy atom. The molecule has 2 rings (SSSR count). The van der Waals surface area contributed by atoms with Crippen LogP contribution in [-0.4, -0.2) is 20.7 Å². The first-order valence-electron chi connectivity index (χ1n) is 6.33. The van der Waals surface area contributed by atoms with Gasteiger partial charge in [0.1, 0.15) is 5.69 Å². The summed E-state index contributed by atoms with van der Waals surface area (Å²) in [5.41, 5.74) is 4.45. The Balaban J connectivity index is 2.04. The number of nitrogens with one attached hydrogen (secondary N) is 2. The number of nitrogens with zero attached hydrogens (tertiary/aromatic N) is 3. The standard InChI is InChI=1S/C14H13N5O2S/c1-10(11-5-4-8-15-9-11)17-18-14(22)16-12-6-2-3-7-13(12)19(20)21/h2-9H,1H3,(H2,16,18,22)/b17-10-. The van der Waals surface area contributed by atoms with Crippen LogP contribution in [0.3, 0.4) is 0 Å². The molecule has 0 atom stereocenters. The van der Waals surface area contributed by atoms with Crippen LogP contribution in [-0.2, 0) is 0 Å². The van der Waals surface area contributed by atoms with Crippen LogP contribution >= 0.6 is 12.2 Å². The number of rotatable bonds is 4. The lowest BCUT2D eigenvalue weighted by molar-refractivity contribution is -0.383. The summed E-state index contributed by atoms with van der Waals surface area (Å²) in [5, 5.41) is 18.0. The molecule has 2 N–H and O–H groups in total. The Morgan fingerprint density at radius 1 is 1.32 bits per heavy atom. The van der Waals surface area contributed by atoms with Gasteiger partial charge in [0.15, 0.2) is 5.11 Å². The molecule has 0 saturated carbocycles. The summed E-state index contributed by atoms with van der Waals surface area (Å²) in [6.07, 6.45) is 3.35. The Hall–Kier alpha value is -2.87. The number of hydrazone groups is 1. The number of hydrogen-bond donors (Lipinski definition) is 2. The highest BCUT2D eigenvalue weighted by Gasteiger charge is 2.12. The summed E-state index contributed by atoms with van der Waals surface area (Å²) in [6.45, 7) is 1.80. The zero-order chi connectivity index (χ0) is 15.9. The average Bonchev–Trinajstić information content (AvgIpc) is 2.53. The molecule has 0 fully saturated rings. The maximum atomic E-state index is 10.9. The molecule has 2 aromatic rings. The number of benzene rings is 1. The van der Waals surface area contributed by atoms with Gasteiger partial charge in [-0.15, -0.1) is 0 Å². The molecule has 1 heterocycles. The van der Waals surface area contributed by atoms with Crippen molar-refractivity contribution < 1.29 is 4.92 Å². The summed E-state index contributed by atoms with van der Waals surface area (Å²) in [6, 6.07) is 9.91. The van der Waals surface area contributed by atoms with E-state index in [0.29, 0.717) is 11.4 Å². The number of anilines is 1. The predicted octanol–water partition coefficient (Wildman–Crippen LogP) is 2.70. The second-order valence-corrected chi connectivity index (χ2v) is 4.69. The Kier molecular flexibility index (Phi) is 5.10. The molecule has 0 radical (unpaired) electrons. The van der Waals surface area contributed by atoms with E-state index in [4.69, 9.17) is 12.2 Å². The molecule has 0 aliphatic heterocycles. The van der Waals surface area contributed by atoms with Gasteiger partial charge in [-0.05, 0) is 31.3 Å². The molecule has 0 spiro atoms. The minimum atomic E-state index is -0.477. The van der Waals surface area contributed by atoms with Gasteiger partial charge in [0.2, 0.25) is 0 Å². The molecule has 0 aliphatic rings. The van der Waals surface area contributed by atoms with Gasteiger partial charge in [-0.2, -0.15) is 5.10 Å². The summed E-state index contributed by atoms with van der Waals surface area (Å²) >= 11 is 5.08. The first-order valence-corrected chi connectivity index (χ1v) is 6.74. The average molecular weight is 315 g/mol. The van der Waals surface area contributed by atoms with Gasteiger partial charge in [0.05, 0.1) is 10.6 Å². The monoisotopic (exact) mass is 315 g/mol. The highest BCUT2D eigenvalue weighted by molar-refractivity contribution is 7.80. The van der Waals surface area contributed by atoms with Crippen LogP contribution in [0.1, 0.15) is 12.5 Å². The highest BCUT2D eigenvalue weighted by atomic mass is 32.1. The third-order valence-electron chi connectivity index (χ3n) is 2.75.